The summed E-state index contributed by atoms with van der Waals surface area (Å²) in [5.41, 5.74) is 3.89. The molecule has 0 radical (unpaired) electrons. The van der Waals surface area contributed by atoms with E-state index < -0.39 is 0 Å². The van der Waals surface area contributed by atoms with Gasteiger partial charge in [0.05, 0.1) is 41.7 Å². The molecule has 8 heteroatoms. The average molecular weight is 435 g/mol. The molecular weight excluding hydrogens is 408 g/mol. The Morgan fingerprint density at radius 2 is 1.97 bits per heavy atom. The predicted molar refractivity (Wildman–Crippen MR) is 124 cm³/mol. The maximum Gasteiger partial charge on any atom is 0.185 e. The van der Waals surface area contributed by atoms with Crippen molar-refractivity contribution in [2.45, 2.75) is 13.0 Å². The van der Waals surface area contributed by atoms with E-state index in [1.165, 1.54) is 0 Å². The lowest BCUT2D eigenvalue weighted by Gasteiger charge is -2.26. The van der Waals surface area contributed by atoms with Crippen molar-refractivity contribution in [2.75, 3.05) is 62.3 Å². The van der Waals surface area contributed by atoms with E-state index in [0.717, 1.165) is 92.9 Å². The Morgan fingerprint density at radius 3 is 2.84 bits per heavy atom. The summed E-state index contributed by atoms with van der Waals surface area (Å²) in [4.78, 5) is 16.7. The van der Waals surface area contributed by atoms with E-state index in [1.54, 1.807) is 11.3 Å². The summed E-state index contributed by atoms with van der Waals surface area (Å²) in [5, 5.41) is 13.8. The van der Waals surface area contributed by atoms with Crippen molar-refractivity contribution in [1.29, 1.82) is 5.26 Å². The van der Waals surface area contributed by atoms with Gasteiger partial charge in [0, 0.05) is 62.8 Å². The van der Waals surface area contributed by atoms with Crippen LogP contribution in [0.2, 0.25) is 0 Å². The third-order valence-electron chi connectivity index (χ3n) is 5.95. The van der Waals surface area contributed by atoms with Gasteiger partial charge in [-0.2, -0.15) is 5.26 Å². The van der Waals surface area contributed by atoms with E-state index in [1.807, 2.05) is 30.5 Å². The van der Waals surface area contributed by atoms with Gasteiger partial charge in [0.25, 0.3) is 0 Å². The van der Waals surface area contributed by atoms with Crippen molar-refractivity contribution < 1.29 is 4.74 Å². The van der Waals surface area contributed by atoms with Gasteiger partial charge in [-0.15, -0.1) is 11.3 Å². The molecule has 160 valence electrons. The molecule has 0 saturated carbocycles. The van der Waals surface area contributed by atoms with E-state index in [0.29, 0.717) is 5.56 Å². The number of nitrogens with zero attached hydrogens (tertiary/aromatic N) is 6. The zero-order valence-corrected chi connectivity index (χ0v) is 18.4. The summed E-state index contributed by atoms with van der Waals surface area (Å²) in [6, 6.07) is 10.2. The van der Waals surface area contributed by atoms with Crippen LogP contribution >= 0.6 is 11.3 Å². The minimum absolute atomic E-state index is 0.690. The van der Waals surface area contributed by atoms with Crippen molar-refractivity contribution in [3.8, 4) is 6.07 Å². The predicted octanol–water partition coefficient (Wildman–Crippen LogP) is 3.11. The van der Waals surface area contributed by atoms with E-state index >= 15 is 0 Å². The van der Waals surface area contributed by atoms with E-state index in [2.05, 4.69) is 31.1 Å². The Kier molecular flexibility index (Phi) is 5.98. The number of anilines is 2. The first-order valence-corrected chi connectivity index (χ1v) is 11.7. The van der Waals surface area contributed by atoms with Crippen molar-refractivity contribution in [2.24, 2.45) is 0 Å². The molecule has 0 atom stereocenters. The van der Waals surface area contributed by atoms with E-state index in [4.69, 9.17) is 9.72 Å². The van der Waals surface area contributed by atoms with Crippen molar-refractivity contribution in [3.05, 3.63) is 47.1 Å². The Bertz CT molecular complexity index is 1090. The first-order valence-electron chi connectivity index (χ1n) is 10.8. The third kappa shape index (κ3) is 4.49. The second-order valence-corrected chi connectivity index (χ2v) is 8.86. The van der Waals surface area contributed by atoms with E-state index in [-0.39, 0.29) is 0 Å². The number of hydrogen-bond acceptors (Lipinski definition) is 8. The van der Waals surface area contributed by atoms with Crippen molar-refractivity contribution in [3.63, 3.8) is 0 Å². The van der Waals surface area contributed by atoms with Gasteiger partial charge in [0.1, 0.15) is 0 Å². The summed E-state index contributed by atoms with van der Waals surface area (Å²) in [5.74, 6) is 0. The Labute approximate surface area is 186 Å². The fourth-order valence-corrected chi connectivity index (χ4v) is 5.22. The lowest BCUT2D eigenvalue weighted by Crippen LogP contribution is -2.36. The highest BCUT2D eigenvalue weighted by Gasteiger charge is 2.20. The molecule has 2 aliphatic rings. The van der Waals surface area contributed by atoms with Crippen LogP contribution in [0.5, 0.6) is 0 Å². The minimum Gasteiger partial charge on any atom is -0.378 e. The molecule has 2 fully saturated rings. The van der Waals surface area contributed by atoms with Crippen LogP contribution < -0.4 is 9.80 Å². The van der Waals surface area contributed by atoms with E-state index in [9.17, 15) is 5.26 Å². The fourth-order valence-electron chi connectivity index (χ4n) is 4.35. The second-order valence-electron chi connectivity index (χ2n) is 8.02. The number of morpholine rings is 1. The first-order chi connectivity index (χ1) is 15.3. The summed E-state index contributed by atoms with van der Waals surface area (Å²) < 4.78 is 5.45. The summed E-state index contributed by atoms with van der Waals surface area (Å²) in [6.07, 6.45) is 2.90. The van der Waals surface area contributed by atoms with Gasteiger partial charge in [-0.1, -0.05) is 6.07 Å². The molecule has 31 heavy (non-hydrogen) atoms. The summed E-state index contributed by atoms with van der Waals surface area (Å²) in [7, 11) is 0. The Hall–Kier alpha value is -2.73. The van der Waals surface area contributed by atoms with Crippen LogP contribution in [0.25, 0.3) is 10.9 Å². The lowest BCUT2D eigenvalue weighted by molar-refractivity contribution is 0.122. The topological polar surface area (TPSA) is 68.5 Å². The van der Waals surface area contributed by atoms with Gasteiger partial charge in [-0.05, 0) is 24.6 Å². The normalized spacial score (nSPS) is 18.2. The standard InChI is InChI=1S/C23H26N6OS/c24-15-18-13-19-3-1-4-25-22(19)21(14-18)28-6-2-5-27(7-8-28)16-20-17-31-23(26-20)29-9-11-30-12-10-29/h1,3-4,13-14,17H,2,5-12,16H2. The molecule has 0 bridgehead atoms. The van der Waals surface area contributed by atoms with Gasteiger partial charge in [-0.25, -0.2) is 4.98 Å². The maximum absolute atomic E-state index is 9.46. The molecule has 2 saturated heterocycles. The van der Waals surface area contributed by atoms with Gasteiger partial charge < -0.3 is 14.5 Å². The minimum atomic E-state index is 0.690. The zero-order valence-electron chi connectivity index (χ0n) is 17.5. The number of hydrogen-bond donors (Lipinski definition) is 0. The SMILES string of the molecule is N#Cc1cc(N2CCCN(Cc3csc(N4CCOCC4)n3)CC2)c2ncccc2c1. The number of pyridine rings is 1. The molecular formula is C23H26N6OS. The summed E-state index contributed by atoms with van der Waals surface area (Å²) in [6.45, 7) is 8.20. The van der Waals surface area contributed by atoms with Crippen LogP contribution in [0.1, 0.15) is 17.7 Å². The molecule has 7 nitrogen and oxygen atoms in total. The number of aromatic nitrogens is 2. The monoisotopic (exact) mass is 434 g/mol. The smallest absolute Gasteiger partial charge is 0.185 e. The van der Waals surface area contributed by atoms with Gasteiger partial charge >= 0.3 is 0 Å². The number of fused-ring (bicyclic) bond motifs is 1. The fraction of sp³-hybridized carbons (Fsp3) is 0.435. The summed E-state index contributed by atoms with van der Waals surface area (Å²) >= 11 is 1.74. The van der Waals surface area contributed by atoms with Crippen LogP contribution in [0.4, 0.5) is 10.8 Å². The zero-order chi connectivity index (χ0) is 21.0. The molecule has 4 heterocycles. The quantitative estimate of drug-likeness (QED) is 0.625. The number of nitriles is 1. The largest absolute Gasteiger partial charge is 0.378 e. The van der Waals surface area contributed by atoms with Crippen molar-refractivity contribution in [1.82, 2.24) is 14.9 Å². The third-order valence-corrected chi connectivity index (χ3v) is 6.90. The molecule has 2 aromatic heterocycles. The van der Waals surface area contributed by atoms with Crippen LogP contribution in [0.15, 0.2) is 35.8 Å². The molecule has 2 aliphatic heterocycles. The molecule has 3 aromatic rings. The van der Waals surface area contributed by atoms with Gasteiger partial charge in [-0.3, -0.25) is 9.88 Å². The highest BCUT2D eigenvalue weighted by molar-refractivity contribution is 7.13. The van der Waals surface area contributed by atoms with Crippen LogP contribution in [0.3, 0.4) is 0 Å². The number of thiazole rings is 1. The molecule has 0 N–H and O–H groups in total. The van der Waals surface area contributed by atoms with Gasteiger partial charge in [0.2, 0.25) is 0 Å². The molecule has 1 aromatic carbocycles. The van der Waals surface area contributed by atoms with Crippen LogP contribution in [-0.2, 0) is 11.3 Å². The molecule has 0 aliphatic carbocycles. The Morgan fingerprint density at radius 1 is 1.06 bits per heavy atom. The second kappa shape index (κ2) is 9.18. The van der Waals surface area contributed by atoms with Crippen LogP contribution in [0, 0.1) is 11.3 Å². The highest BCUT2D eigenvalue weighted by atomic mass is 32.1. The van der Waals surface area contributed by atoms with Gasteiger partial charge in [0.15, 0.2) is 5.13 Å². The number of benzene rings is 1. The lowest BCUT2D eigenvalue weighted by atomic mass is 10.1. The Balaban J connectivity index is 1.28. The average Bonchev–Trinajstić information content (AvgIpc) is 3.17. The van der Waals surface area contributed by atoms with Crippen molar-refractivity contribution >= 4 is 33.1 Å². The first kappa shape index (κ1) is 20.2. The molecule has 0 amide bonds. The molecule has 0 unspecified atom stereocenters. The number of rotatable bonds is 4. The molecule has 0 spiro atoms. The maximum atomic E-state index is 9.46. The van der Waals surface area contributed by atoms with Crippen LogP contribution in [-0.4, -0.2) is 67.4 Å². The highest BCUT2D eigenvalue weighted by Crippen LogP contribution is 2.28. The molecule has 5 rings (SSSR count). The number of ether oxygens (including phenoxy) is 1.